The fourth-order valence-electron chi connectivity index (χ4n) is 2.06. The number of carboxylic acid groups (broad SMARTS) is 1. The minimum Gasteiger partial charge on any atom is -0.496 e. The van der Waals surface area contributed by atoms with Gasteiger partial charge < -0.3 is 9.84 Å². The molecule has 0 saturated carbocycles. The molecule has 0 spiro atoms. The molecule has 1 atom stereocenters. The van der Waals surface area contributed by atoms with Gasteiger partial charge in [-0.2, -0.15) is 0 Å². The highest BCUT2D eigenvalue weighted by Crippen LogP contribution is 2.29. The molecule has 0 radical (unpaired) electrons. The monoisotopic (exact) mass is 278 g/mol. The lowest BCUT2D eigenvalue weighted by atomic mass is 9.97. The van der Waals surface area contributed by atoms with Crippen molar-refractivity contribution in [1.82, 2.24) is 0 Å². The van der Waals surface area contributed by atoms with Crippen LogP contribution in [0.3, 0.4) is 0 Å². The number of carboxylic acids is 1. The van der Waals surface area contributed by atoms with E-state index in [1.165, 1.54) is 0 Å². The van der Waals surface area contributed by atoms with Crippen molar-refractivity contribution < 1.29 is 14.6 Å². The second-order valence-electron chi connectivity index (χ2n) is 4.60. The predicted molar refractivity (Wildman–Crippen MR) is 76.0 cm³/mol. The van der Waals surface area contributed by atoms with Crippen LogP contribution in [0.25, 0.3) is 10.8 Å². The van der Waals surface area contributed by atoms with E-state index in [0.717, 1.165) is 16.3 Å². The van der Waals surface area contributed by atoms with Crippen LogP contribution in [-0.2, 0) is 11.2 Å². The molecule has 0 aliphatic heterocycles. The number of benzene rings is 2. The Kier molecular flexibility index (Phi) is 3.96. The molecule has 19 heavy (non-hydrogen) atoms. The second kappa shape index (κ2) is 5.49. The lowest BCUT2D eigenvalue weighted by Gasteiger charge is -2.13. The van der Waals surface area contributed by atoms with Crippen LogP contribution in [0.4, 0.5) is 0 Å². The molecule has 0 saturated heterocycles. The van der Waals surface area contributed by atoms with Crippen LogP contribution in [0, 0.1) is 5.92 Å². The summed E-state index contributed by atoms with van der Waals surface area (Å²) in [7, 11) is 1.59. The molecule has 0 aromatic heterocycles. The molecule has 0 fully saturated rings. The van der Waals surface area contributed by atoms with E-state index in [0.29, 0.717) is 17.2 Å². The number of hydrogen-bond donors (Lipinski definition) is 1. The molecule has 0 amide bonds. The van der Waals surface area contributed by atoms with Crippen LogP contribution in [0.15, 0.2) is 30.3 Å². The lowest BCUT2D eigenvalue weighted by molar-refractivity contribution is -0.141. The third-order valence-corrected chi connectivity index (χ3v) is 3.38. The molecule has 1 unspecified atom stereocenters. The number of ether oxygens (including phenoxy) is 1. The summed E-state index contributed by atoms with van der Waals surface area (Å²) in [6.45, 7) is 1.68. The van der Waals surface area contributed by atoms with Gasteiger partial charge in [0.15, 0.2) is 0 Å². The van der Waals surface area contributed by atoms with Gasteiger partial charge in [0, 0.05) is 5.02 Å². The summed E-state index contributed by atoms with van der Waals surface area (Å²) in [5.41, 5.74) is 0.882. The zero-order valence-electron chi connectivity index (χ0n) is 10.8. The molecule has 0 aliphatic rings. The van der Waals surface area contributed by atoms with Gasteiger partial charge >= 0.3 is 5.97 Å². The number of hydrogen-bond acceptors (Lipinski definition) is 2. The van der Waals surface area contributed by atoms with Gasteiger partial charge in [0.25, 0.3) is 0 Å². The topological polar surface area (TPSA) is 46.5 Å². The van der Waals surface area contributed by atoms with Crippen molar-refractivity contribution >= 4 is 28.3 Å². The summed E-state index contributed by atoms with van der Waals surface area (Å²) in [6, 6.07) is 9.47. The lowest BCUT2D eigenvalue weighted by Crippen LogP contribution is -2.12. The summed E-state index contributed by atoms with van der Waals surface area (Å²) in [4.78, 5) is 11.0. The predicted octanol–water partition coefficient (Wildman–Crippen LogP) is 3.77. The first-order chi connectivity index (χ1) is 9.01. The van der Waals surface area contributed by atoms with E-state index in [-0.39, 0.29) is 0 Å². The van der Waals surface area contributed by atoms with Crippen LogP contribution in [0.2, 0.25) is 5.02 Å². The Hall–Kier alpha value is -1.74. The zero-order chi connectivity index (χ0) is 14.0. The second-order valence-corrected chi connectivity index (χ2v) is 5.04. The zero-order valence-corrected chi connectivity index (χ0v) is 11.6. The van der Waals surface area contributed by atoms with E-state index in [9.17, 15) is 4.79 Å². The summed E-state index contributed by atoms with van der Waals surface area (Å²) in [5, 5.41) is 11.7. The van der Waals surface area contributed by atoms with Crippen molar-refractivity contribution in [2.75, 3.05) is 7.11 Å². The van der Waals surface area contributed by atoms with Crippen molar-refractivity contribution in [3.8, 4) is 5.75 Å². The Morgan fingerprint density at radius 1 is 1.32 bits per heavy atom. The number of fused-ring (bicyclic) bond motifs is 1. The Morgan fingerprint density at radius 2 is 2.05 bits per heavy atom. The maximum absolute atomic E-state index is 11.0. The molecule has 0 bridgehead atoms. The molecule has 2 aromatic carbocycles. The highest BCUT2D eigenvalue weighted by atomic mass is 35.5. The van der Waals surface area contributed by atoms with E-state index in [1.807, 2.05) is 30.3 Å². The van der Waals surface area contributed by atoms with Gasteiger partial charge in [-0.1, -0.05) is 24.6 Å². The molecule has 100 valence electrons. The van der Waals surface area contributed by atoms with Gasteiger partial charge in [-0.15, -0.1) is 0 Å². The van der Waals surface area contributed by atoms with Gasteiger partial charge in [0.1, 0.15) is 5.75 Å². The van der Waals surface area contributed by atoms with Crippen LogP contribution >= 0.6 is 11.6 Å². The first kappa shape index (κ1) is 13.7. The van der Waals surface area contributed by atoms with E-state index in [4.69, 9.17) is 21.4 Å². The Morgan fingerprint density at radius 3 is 2.68 bits per heavy atom. The van der Waals surface area contributed by atoms with Crippen molar-refractivity contribution in [1.29, 1.82) is 0 Å². The van der Waals surface area contributed by atoms with Crippen molar-refractivity contribution in [2.45, 2.75) is 13.3 Å². The highest BCUT2D eigenvalue weighted by molar-refractivity contribution is 6.31. The number of halogens is 1. The van der Waals surface area contributed by atoms with Gasteiger partial charge in [-0.3, -0.25) is 4.79 Å². The molecular weight excluding hydrogens is 264 g/mol. The fraction of sp³-hybridized carbons (Fsp3) is 0.267. The first-order valence-corrected chi connectivity index (χ1v) is 6.38. The normalized spacial score (nSPS) is 12.4. The fourth-order valence-corrected chi connectivity index (χ4v) is 2.24. The van der Waals surface area contributed by atoms with E-state index >= 15 is 0 Å². The Bertz CT molecular complexity index is 622. The maximum Gasteiger partial charge on any atom is 0.306 e. The first-order valence-electron chi connectivity index (χ1n) is 6.00. The third-order valence-electron chi connectivity index (χ3n) is 3.15. The van der Waals surface area contributed by atoms with Crippen LogP contribution in [-0.4, -0.2) is 18.2 Å². The molecular formula is C15H15ClO3. The molecule has 3 nitrogen and oxygen atoms in total. The third kappa shape index (κ3) is 2.99. The quantitative estimate of drug-likeness (QED) is 0.926. The molecule has 2 rings (SSSR count). The Labute approximate surface area is 116 Å². The number of aliphatic carboxylic acids is 1. The summed E-state index contributed by atoms with van der Waals surface area (Å²) in [6.07, 6.45) is 0.432. The van der Waals surface area contributed by atoms with Crippen molar-refractivity contribution in [2.24, 2.45) is 5.92 Å². The van der Waals surface area contributed by atoms with Gasteiger partial charge in [0.05, 0.1) is 13.0 Å². The van der Waals surface area contributed by atoms with Crippen molar-refractivity contribution in [3.05, 3.63) is 40.9 Å². The summed E-state index contributed by atoms with van der Waals surface area (Å²) >= 11 is 5.98. The molecule has 4 heteroatoms. The molecule has 1 N–H and O–H groups in total. The number of carbonyl (C=O) groups is 1. The minimum atomic E-state index is -0.812. The summed E-state index contributed by atoms with van der Waals surface area (Å²) < 4.78 is 5.34. The minimum absolute atomic E-state index is 0.432. The smallest absolute Gasteiger partial charge is 0.306 e. The van der Waals surface area contributed by atoms with Crippen LogP contribution in [0.5, 0.6) is 5.75 Å². The average molecular weight is 279 g/mol. The van der Waals surface area contributed by atoms with E-state index in [2.05, 4.69) is 0 Å². The number of rotatable bonds is 4. The summed E-state index contributed by atoms with van der Waals surface area (Å²) in [5.74, 6) is -0.554. The van der Waals surface area contributed by atoms with E-state index in [1.54, 1.807) is 14.0 Å². The standard InChI is InChI=1S/C15H15ClO3/c1-9(15(17)18)5-12-6-11-7-13(16)4-3-10(11)8-14(12)19-2/h3-4,6-9H,5H2,1-2H3,(H,17,18). The average Bonchev–Trinajstić information content (AvgIpc) is 2.37. The largest absolute Gasteiger partial charge is 0.496 e. The van der Waals surface area contributed by atoms with Gasteiger partial charge in [0.2, 0.25) is 0 Å². The van der Waals surface area contributed by atoms with Gasteiger partial charge in [-0.25, -0.2) is 0 Å². The number of methoxy groups -OCH3 is 1. The van der Waals surface area contributed by atoms with Gasteiger partial charge in [-0.05, 0) is 47.0 Å². The SMILES string of the molecule is COc1cc2ccc(Cl)cc2cc1CC(C)C(=O)O. The Balaban J connectivity index is 2.49. The highest BCUT2D eigenvalue weighted by Gasteiger charge is 2.15. The molecule has 0 heterocycles. The molecule has 0 aliphatic carbocycles. The van der Waals surface area contributed by atoms with Crippen LogP contribution in [0.1, 0.15) is 12.5 Å². The van der Waals surface area contributed by atoms with Crippen LogP contribution < -0.4 is 4.74 Å². The van der Waals surface area contributed by atoms with Crippen molar-refractivity contribution in [3.63, 3.8) is 0 Å². The maximum atomic E-state index is 11.0. The van der Waals surface area contributed by atoms with E-state index < -0.39 is 11.9 Å². The molecule has 2 aromatic rings.